The van der Waals surface area contributed by atoms with Crippen molar-refractivity contribution in [2.75, 3.05) is 0 Å². The fourth-order valence-corrected chi connectivity index (χ4v) is 19.6. The number of hydrogen-bond acceptors (Lipinski definition) is 0. The second-order valence-electron chi connectivity index (χ2n) is 20.9. The summed E-state index contributed by atoms with van der Waals surface area (Å²) in [7, 11) is 3.19. The van der Waals surface area contributed by atoms with Crippen LogP contribution >= 0.6 is 15.7 Å². The van der Waals surface area contributed by atoms with Crippen LogP contribution in [0.5, 0.6) is 0 Å². The Morgan fingerprint density at radius 3 is 0.569 bits per heavy atom. The molecule has 0 fully saturated rings. The van der Waals surface area contributed by atoms with Crippen molar-refractivity contribution < 1.29 is 0 Å². The van der Waals surface area contributed by atoms with Gasteiger partial charge < -0.3 is 0 Å². The summed E-state index contributed by atoms with van der Waals surface area (Å²) in [6.07, 6.45) is 25.6. The van der Waals surface area contributed by atoms with Crippen molar-refractivity contribution in [1.82, 2.24) is 0 Å². The summed E-state index contributed by atoms with van der Waals surface area (Å²) < 4.78 is 0. The highest BCUT2D eigenvalue weighted by atomic mass is 31.7. The smallest absolute Gasteiger partial charge is 0.0145 e. The molecule has 0 saturated heterocycles. The molecule has 0 nitrogen and oxygen atoms in total. The van der Waals surface area contributed by atoms with E-state index in [1.165, 1.54) is 128 Å². The molecule has 0 heterocycles. The van der Waals surface area contributed by atoms with Crippen LogP contribution in [0, 0.1) is 0 Å². The van der Waals surface area contributed by atoms with Gasteiger partial charge in [0.05, 0.1) is 0 Å². The van der Waals surface area contributed by atoms with Gasteiger partial charge in [-0.15, -0.1) is 0 Å². The van der Waals surface area contributed by atoms with E-state index < -0.39 is 0 Å². The molecule has 0 bridgehead atoms. The molecule has 6 rings (SSSR count). The van der Waals surface area contributed by atoms with Gasteiger partial charge in [0.2, 0.25) is 0 Å². The predicted octanol–water partition coefficient (Wildman–Crippen LogP) is 17.5. The highest BCUT2D eigenvalue weighted by Gasteiger charge is 2.58. The molecule has 0 N–H and O–H groups in total. The van der Waals surface area contributed by atoms with Crippen molar-refractivity contribution in [3.8, 4) is 0 Å². The molecule has 0 saturated carbocycles. The van der Waals surface area contributed by atoms with Gasteiger partial charge in [0.15, 0.2) is 0 Å². The molecule has 4 aliphatic rings. The molecule has 0 radical (unpaired) electrons. The molecule has 0 atom stereocenters. The zero-order valence-corrected chi connectivity index (χ0v) is 43.0. The molecule has 0 aliphatic heterocycles. The number of fused-ring (bicyclic) bond motifs is 4. The van der Waals surface area contributed by atoms with E-state index in [4.69, 9.17) is 0 Å². The molecule has 58 heavy (non-hydrogen) atoms. The average Bonchev–Trinajstić information content (AvgIpc) is 3.95. The summed E-state index contributed by atoms with van der Waals surface area (Å²) in [5, 5.41) is 3.67. The van der Waals surface area contributed by atoms with Crippen LogP contribution in [0.15, 0.2) is 12.1 Å². The van der Waals surface area contributed by atoms with Gasteiger partial charge in [-0.25, -0.2) is 0 Å². The van der Waals surface area contributed by atoms with Gasteiger partial charge in [-0.3, -0.25) is 0 Å². The van der Waals surface area contributed by atoms with Crippen molar-refractivity contribution in [3.63, 3.8) is 0 Å². The standard InChI is InChI=1S/C56H90P2/c1-17-49(18-2)35-53(25-9,26-10)43-39(49)33-40-44(54(27-11,28-12)36-50(40,19-3)20-4)47(43)57-58-48-45-41(51(21-5,22-6)37-55(45,29-13)30-14)34-42-46(48)56(31-15,32-16)38-52(42,23-7)24-8/h33-34H,17-32,35-38H2,1-16H3. The van der Waals surface area contributed by atoms with Crippen molar-refractivity contribution >= 4 is 26.3 Å². The molecule has 2 heteroatoms. The molecule has 2 aromatic carbocycles. The van der Waals surface area contributed by atoms with Gasteiger partial charge >= 0.3 is 0 Å². The maximum Gasteiger partial charge on any atom is 0.0145 e. The van der Waals surface area contributed by atoms with Crippen LogP contribution in [0.1, 0.15) is 284 Å². The van der Waals surface area contributed by atoms with E-state index in [1.54, 1.807) is 38.0 Å². The van der Waals surface area contributed by atoms with E-state index >= 15 is 0 Å². The Labute approximate surface area is 363 Å². The first-order chi connectivity index (χ1) is 27.7. The zero-order valence-electron chi connectivity index (χ0n) is 41.2. The first kappa shape index (κ1) is 46.5. The lowest BCUT2D eigenvalue weighted by Gasteiger charge is -2.36. The Morgan fingerprint density at radius 1 is 0.276 bits per heavy atom. The fraction of sp³-hybridized carbons (Fsp3) is 0.786. The summed E-state index contributed by atoms with van der Waals surface area (Å²) in [5.74, 6) is 0. The monoisotopic (exact) mass is 825 g/mol. The summed E-state index contributed by atoms with van der Waals surface area (Å²) in [6, 6.07) is 5.84. The second-order valence-corrected chi connectivity index (χ2v) is 23.4. The first-order valence-electron chi connectivity index (χ1n) is 25.6. The van der Waals surface area contributed by atoms with E-state index in [9.17, 15) is 0 Å². The summed E-state index contributed by atoms with van der Waals surface area (Å²) in [4.78, 5) is 0. The van der Waals surface area contributed by atoms with Gasteiger partial charge in [0, 0.05) is 10.6 Å². The maximum atomic E-state index is 2.92. The van der Waals surface area contributed by atoms with Gasteiger partial charge in [0.25, 0.3) is 0 Å². The molecular weight excluding hydrogens is 735 g/mol. The maximum absolute atomic E-state index is 2.92. The number of rotatable bonds is 18. The van der Waals surface area contributed by atoms with Gasteiger partial charge in [-0.05, 0) is 232 Å². The predicted molar refractivity (Wildman–Crippen MR) is 263 cm³/mol. The molecular formula is C56H90P2. The Bertz CT molecular complexity index is 1570. The quantitative estimate of drug-likeness (QED) is 0.131. The lowest BCUT2D eigenvalue weighted by atomic mass is 9.70. The Morgan fingerprint density at radius 2 is 0.431 bits per heavy atom. The van der Waals surface area contributed by atoms with Gasteiger partial charge in [0.1, 0.15) is 0 Å². The molecule has 0 aromatic heterocycles. The first-order valence-corrected chi connectivity index (χ1v) is 28.1. The molecule has 0 amide bonds. The lowest BCUT2D eigenvalue weighted by molar-refractivity contribution is 0.279. The normalized spacial score (nSPS) is 23.0. The molecule has 324 valence electrons. The van der Waals surface area contributed by atoms with Crippen molar-refractivity contribution in [2.45, 2.75) is 283 Å². The van der Waals surface area contributed by atoms with Crippen molar-refractivity contribution in [1.29, 1.82) is 0 Å². The van der Waals surface area contributed by atoms with Crippen LogP contribution in [0.25, 0.3) is 0 Å². The van der Waals surface area contributed by atoms with E-state index in [1.807, 2.05) is 32.9 Å². The third-order valence-electron chi connectivity index (χ3n) is 20.8. The Kier molecular flexibility index (Phi) is 13.3. The lowest BCUT2D eigenvalue weighted by Crippen LogP contribution is -2.33. The number of benzene rings is 2. The summed E-state index contributed by atoms with van der Waals surface area (Å²) in [6.45, 7) is 40.8. The zero-order chi connectivity index (χ0) is 42.7. The molecule has 0 spiro atoms. The fourth-order valence-electron chi connectivity index (χ4n) is 15.7. The molecule has 2 aromatic rings. The van der Waals surface area contributed by atoms with E-state index in [0.29, 0.717) is 0 Å². The van der Waals surface area contributed by atoms with Crippen molar-refractivity contribution in [2.24, 2.45) is 0 Å². The highest BCUT2D eigenvalue weighted by Crippen LogP contribution is 2.65. The Balaban J connectivity index is 1.88. The number of hydrogen-bond donors (Lipinski definition) is 0. The van der Waals surface area contributed by atoms with Gasteiger partial charge in [-0.1, -0.05) is 123 Å². The minimum Gasteiger partial charge on any atom is -0.0645 e. The van der Waals surface area contributed by atoms with Gasteiger partial charge in [-0.2, -0.15) is 0 Å². The van der Waals surface area contributed by atoms with E-state index in [-0.39, 0.29) is 43.3 Å². The second kappa shape index (κ2) is 16.6. The minimum atomic E-state index is 0.262. The van der Waals surface area contributed by atoms with Crippen molar-refractivity contribution in [3.05, 3.63) is 56.6 Å². The van der Waals surface area contributed by atoms with Crippen LogP contribution in [0.2, 0.25) is 0 Å². The van der Waals surface area contributed by atoms with Crippen LogP contribution in [-0.4, -0.2) is 0 Å². The largest absolute Gasteiger partial charge is 0.0645 e. The van der Waals surface area contributed by atoms with Crippen LogP contribution in [0.3, 0.4) is 0 Å². The third-order valence-corrected chi connectivity index (χ3v) is 23.7. The van der Waals surface area contributed by atoms with Crippen LogP contribution in [-0.2, 0) is 43.3 Å². The van der Waals surface area contributed by atoms with Crippen LogP contribution < -0.4 is 10.6 Å². The van der Waals surface area contributed by atoms with E-state index in [2.05, 4.69) is 123 Å². The summed E-state index contributed by atoms with van der Waals surface area (Å²) in [5.41, 5.74) is 16.8. The summed E-state index contributed by atoms with van der Waals surface area (Å²) >= 11 is 0. The minimum absolute atomic E-state index is 0.262. The molecule has 0 unspecified atom stereocenters. The average molecular weight is 825 g/mol. The highest BCUT2D eigenvalue weighted by molar-refractivity contribution is 7.91. The third kappa shape index (κ3) is 5.97. The van der Waals surface area contributed by atoms with Crippen LogP contribution in [0.4, 0.5) is 0 Å². The Hall–Kier alpha value is -0.960. The van der Waals surface area contributed by atoms with E-state index in [0.717, 1.165) is 0 Å². The topological polar surface area (TPSA) is 0 Å². The molecule has 4 aliphatic carbocycles. The SMILES string of the molecule is CCC1(CC)CC(CC)(CC)c2c1cc1c(c2P=Pc2c3c(cc4c2C(CC)(CC)CC4(CC)CC)C(CC)(CC)CC3(CC)CC)C(CC)(CC)CC1(CC)CC.